The van der Waals surface area contributed by atoms with Crippen LogP contribution in [0.5, 0.6) is 0 Å². The van der Waals surface area contributed by atoms with Crippen LogP contribution in [-0.4, -0.2) is 33.2 Å². The molecular weight excluding hydrogens is 246 g/mol. The molecule has 0 bridgehead atoms. The molecule has 0 aromatic carbocycles. The Hall–Kier alpha value is -0.680. The molecule has 18 heavy (non-hydrogen) atoms. The van der Waals surface area contributed by atoms with Crippen LogP contribution in [0.1, 0.15) is 52.3 Å². The molecule has 1 fully saturated rings. The van der Waals surface area contributed by atoms with Crippen LogP contribution >= 0.6 is 11.5 Å². The van der Waals surface area contributed by atoms with E-state index < -0.39 is 5.60 Å². The van der Waals surface area contributed by atoms with Crippen molar-refractivity contribution in [2.75, 3.05) is 18.0 Å². The highest BCUT2D eigenvalue weighted by molar-refractivity contribution is 7.09. The highest BCUT2D eigenvalue weighted by atomic mass is 32.1. The maximum Gasteiger partial charge on any atom is 0.205 e. The van der Waals surface area contributed by atoms with E-state index in [2.05, 4.69) is 28.1 Å². The third kappa shape index (κ3) is 3.01. The molecule has 4 nitrogen and oxygen atoms in total. The quantitative estimate of drug-likeness (QED) is 0.916. The van der Waals surface area contributed by atoms with E-state index in [1.807, 2.05) is 13.8 Å². The van der Waals surface area contributed by atoms with E-state index in [1.54, 1.807) is 0 Å². The van der Waals surface area contributed by atoms with Gasteiger partial charge in [0, 0.05) is 30.5 Å². The monoisotopic (exact) mass is 269 g/mol. The number of piperidine rings is 1. The molecule has 0 aliphatic carbocycles. The predicted octanol–water partition coefficient (Wildman–Crippen LogP) is 2.65. The molecule has 0 radical (unpaired) electrons. The summed E-state index contributed by atoms with van der Waals surface area (Å²) in [6.45, 7) is 10.0. The van der Waals surface area contributed by atoms with Gasteiger partial charge in [0.15, 0.2) is 0 Å². The van der Waals surface area contributed by atoms with Gasteiger partial charge in [0.25, 0.3) is 0 Å². The number of aliphatic hydroxyl groups is 1. The van der Waals surface area contributed by atoms with Gasteiger partial charge in [0.05, 0.1) is 5.60 Å². The molecule has 1 saturated heterocycles. The Morgan fingerprint density at radius 1 is 1.33 bits per heavy atom. The molecular formula is C13H23N3OS. The lowest BCUT2D eigenvalue weighted by molar-refractivity contribution is 0.00651. The number of aromatic nitrogens is 2. The number of hydrogen-bond acceptors (Lipinski definition) is 5. The summed E-state index contributed by atoms with van der Waals surface area (Å²) >= 11 is 1.50. The van der Waals surface area contributed by atoms with Crippen molar-refractivity contribution in [2.24, 2.45) is 5.92 Å². The highest BCUT2D eigenvalue weighted by Crippen LogP contribution is 2.31. The topological polar surface area (TPSA) is 49.2 Å². The van der Waals surface area contributed by atoms with Crippen LogP contribution in [0.3, 0.4) is 0 Å². The molecule has 0 atom stereocenters. The Morgan fingerprint density at radius 2 is 1.94 bits per heavy atom. The molecule has 1 aliphatic heterocycles. The lowest BCUT2D eigenvalue weighted by Gasteiger charge is -2.37. The molecule has 5 heteroatoms. The average molecular weight is 269 g/mol. The van der Waals surface area contributed by atoms with Crippen molar-refractivity contribution >= 4 is 16.7 Å². The van der Waals surface area contributed by atoms with Crippen LogP contribution in [0.15, 0.2) is 0 Å². The summed E-state index contributed by atoms with van der Waals surface area (Å²) in [5.74, 6) is 1.73. The van der Waals surface area contributed by atoms with Crippen LogP contribution < -0.4 is 4.90 Å². The van der Waals surface area contributed by atoms with Crippen LogP contribution in [0.4, 0.5) is 5.13 Å². The first-order valence-corrected chi connectivity index (χ1v) is 7.46. The summed E-state index contributed by atoms with van der Waals surface area (Å²) in [4.78, 5) is 6.89. The summed E-state index contributed by atoms with van der Waals surface area (Å²) < 4.78 is 4.40. The standard InChI is InChI=1S/C13H23N3OS/c1-9(2)11-14-12(18-15-11)16-7-5-10(6-8-16)13(3,4)17/h9-10,17H,5-8H2,1-4H3. The Balaban J connectivity index is 1.97. The first-order valence-electron chi connectivity index (χ1n) is 6.69. The summed E-state index contributed by atoms with van der Waals surface area (Å²) in [6.07, 6.45) is 2.06. The molecule has 0 unspecified atom stereocenters. The fourth-order valence-corrected chi connectivity index (χ4v) is 3.23. The number of anilines is 1. The molecule has 0 spiro atoms. The zero-order valence-corrected chi connectivity index (χ0v) is 12.5. The summed E-state index contributed by atoms with van der Waals surface area (Å²) in [6, 6.07) is 0. The highest BCUT2D eigenvalue weighted by Gasteiger charge is 2.31. The van der Waals surface area contributed by atoms with Crippen molar-refractivity contribution in [3.8, 4) is 0 Å². The molecule has 0 amide bonds. The van der Waals surface area contributed by atoms with Gasteiger partial charge in [-0.3, -0.25) is 0 Å². The molecule has 2 rings (SSSR count). The normalized spacial score (nSPS) is 18.7. The van der Waals surface area contributed by atoms with Gasteiger partial charge in [-0.05, 0) is 32.6 Å². The lowest BCUT2D eigenvalue weighted by Crippen LogP contribution is -2.41. The van der Waals surface area contributed by atoms with E-state index >= 15 is 0 Å². The summed E-state index contributed by atoms with van der Waals surface area (Å²) in [5.41, 5.74) is -0.559. The number of nitrogens with zero attached hydrogens (tertiary/aromatic N) is 3. The predicted molar refractivity (Wildman–Crippen MR) is 75.2 cm³/mol. The van der Waals surface area contributed by atoms with Gasteiger partial charge in [-0.15, -0.1) is 0 Å². The third-order valence-electron chi connectivity index (χ3n) is 3.71. The van der Waals surface area contributed by atoms with Crippen molar-refractivity contribution in [1.29, 1.82) is 0 Å². The summed E-state index contributed by atoms with van der Waals surface area (Å²) in [7, 11) is 0. The zero-order chi connectivity index (χ0) is 13.3. The van der Waals surface area contributed by atoms with Crippen LogP contribution in [0.25, 0.3) is 0 Å². The zero-order valence-electron chi connectivity index (χ0n) is 11.7. The maximum absolute atomic E-state index is 10.0. The van der Waals surface area contributed by atoms with Gasteiger partial charge in [-0.1, -0.05) is 13.8 Å². The molecule has 1 N–H and O–H groups in total. The van der Waals surface area contributed by atoms with Gasteiger partial charge >= 0.3 is 0 Å². The van der Waals surface area contributed by atoms with Gasteiger partial charge in [0.2, 0.25) is 5.13 Å². The van der Waals surface area contributed by atoms with E-state index in [0.29, 0.717) is 11.8 Å². The summed E-state index contributed by atoms with van der Waals surface area (Å²) in [5, 5.41) is 11.1. The van der Waals surface area contributed by atoms with Crippen LogP contribution in [-0.2, 0) is 0 Å². The molecule has 2 heterocycles. The second kappa shape index (κ2) is 5.13. The maximum atomic E-state index is 10.0. The smallest absolute Gasteiger partial charge is 0.205 e. The van der Waals surface area contributed by atoms with E-state index in [-0.39, 0.29) is 0 Å². The van der Waals surface area contributed by atoms with Gasteiger partial charge in [-0.2, -0.15) is 4.37 Å². The number of hydrogen-bond donors (Lipinski definition) is 1. The first kappa shape index (κ1) is 13.7. The average Bonchev–Trinajstić information content (AvgIpc) is 2.77. The van der Waals surface area contributed by atoms with Gasteiger partial charge < -0.3 is 10.0 Å². The Kier molecular flexibility index (Phi) is 3.92. The van der Waals surface area contributed by atoms with E-state index in [1.165, 1.54) is 11.5 Å². The van der Waals surface area contributed by atoms with E-state index in [0.717, 1.165) is 36.9 Å². The van der Waals surface area contributed by atoms with Crippen molar-refractivity contribution in [2.45, 2.75) is 52.1 Å². The van der Waals surface area contributed by atoms with Crippen molar-refractivity contribution < 1.29 is 5.11 Å². The molecule has 102 valence electrons. The lowest BCUT2D eigenvalue weighted by atomic mass is 9.83. The third-order valence-corrected chi connectivity index (χ3v) is 4.50. The molecule has 1 aliphatic rings. The molecule has 1 aromatic heterocycles. The first-order chi connectivity index (χ1) is 8.38. The fraction of sp³-hybridized carbons (Fsp3) is 0.846. The Bertz CT molecular complexity index is 389. The van der Waals surface area contributed by atoms with Crippen LogP contribution in [0.2, 0.25) is 0 Å². The van der Waals surface area contributed by atoms with Gasteiger partial charge in [0.1, 0.15) is 5.82 Å². The van der Waals surface area contributed by atoms with Crippen LogP contribution in [0, 0.1) is 5.92 Å². The Morgan fingerprint density at radius 3 is 2.39 bits per heavy atom. The minimum Gasteiger partial charge on any atom is -0.390 e. The minimum absolute atomic E-state index is 0.393. The van der Waals surface area contributed by atoms with E-state index in [4.69, 9.17) is 0 Å². The SMILES string of the molecule is CC(C)c1nsc(N2CCC(C(C)(C)O)CC2)n1. The molecule has 0 saturated carbocycles. The Labute approximate surface area is 113 Å². The largest absolute Gasteiger partial charge is 0.390 e. The van der Waals surface area contributed by atoms with Crippen molar-refractivity contribution in [3.05, 3.63) is 5.82 Å². The second-order valence-electron chi connectivity index (χ2n) is 6.00. The molecule has 1 aromatic rings. The number of rotatable bonds is 3. The van der Waals surface area contributed by atoms with Crippen molar-refractivity contribution in [3.63, 3.8) is 0 Å². The van der Waals surface area contributed by atoms with Gasteiger partial charge in [-0.25, -0.2) is 4.98 Å². The van der Waals surface area contributed by atoms with E-state index in [9.17, 15) is 5.11 Å². The van der Waals surface area contributed by atoms with Crippen molar-refractivity contribution in [1.82, 2.24) is 9.36 Å². The fourth-order valence-electron chi connectivity index (χ4n) is 2.37. The second-order valence-corrected chi connectivity index (χ2v) is 6.74. The minimum atomic E-state index is -0.559.